The predicted molar refractivity (Wildman–Crippen MR) is 87.8 cm³/mol. The summed E-state index contributed by atoms with van der Waals surface area (Å²) in [7, 11) is 0. The van der Waals surface area contributed by atoms with E-state index in [0.29, 0.717) is 31.4 Å². The van der Waals surface area contributed by atoms with Crippen molar-refractivity contribution >= 4 is 11.6 Å². The number of carbonyl (C=O) groups is 2. The maximum Gasteiger partial charge on any atom is 0.165 e. The molecule has 2 aliphatic heterocycles. The summed E-state index contributed by atoms with van der Waals surface area (Å²) in [5.41, 5.74) is 0.676. The van der Waals surface area contributed by atoms with E-state index < -0.39 is 5.79 Å². The van der Waals surface area contributed by atoms with E-state index in [9.17, 15) is 9.59 Å². The van der Waals surface area contributed by atoms with Gasteiger partial charge in [-0.3, -0.25) is 9.59 Å². The van der Waals surface area contributed by atoms with Crippen LogP contribution in [0.25, 0.3) is 0 Å². The highest BCUT2D eigenvalue weighted by Gasteiger charge is 2.40. The molecular weight excluding hydrogens is 308 g/mol. The molecule has 0 radical (unpaired) electrons. The third-order valence-corrected chi connectivity index (χ3v) is 4.50. The molecule has 2 saturated heterocycles. The van der Waals surface area contributed by atoms with Crippen LogP contribution in [0.2, 0.25) is 0 Å². The van der Waals surface area contributed by atoms with E-state index in [1.165, 1.54) is 0 Å². The van der Waals surface area contributed by atoms with Gasteiger partial charge in [-0.25, -0.2) is 0 Å². The second-order valence-corrected chi connectivity index (χ2v) is 6.94. The summed E-state index contributed by atoms with van der Waals surface area (Å²) < 4.78 is 17.5. The lowest BCUT2D eigenvalue weighted by molar-refractivity contribution is -0.163. The number of carbonyl (C=O) groups excluding carboxylic acids is 2. The number of Topliss-reactive ketones (excluding diaryl/α,β-unsaturated/α-hetero) is 2. The zero-order chi connectivity index (χ0) is 17.2. The van der Waals surface area contributed by atoms with Crippen LogP contribution in [-0.4, -0.2) is 42.3 Å². The van der Waals surface area contributed by atoms with Gasteiger partial charge in [0.25, 0.3) is 0 Å². The molecule has 2 fully saturated rings. The zero-order valence-corrected chi connectivity index (χ0v) is 14.2. The molecule has 0 amide bonds. The van der Waals surface area contributed by atoms with Gasteiger partial charge < -0.3 is 14.2 Å². The lowest BCUT2D eigenvalue weighted by Crippen LogP contribution is -2.36. The van der Waals surface area contributed by atoms with Crippen LogP contribution in [0.4, 0.5) is 0 Å². The van der Waals surface area contributed by atoms with Crippen LogP contribution in [0.3, 0.4) is 0 Å². The van der Waals surface area contributed by atoms with Gasteiger partial charge in [0.15, 0.2) is 11.6 Å². The van der Waals surface area contributed by atoms with E-state index in [2.05, 4.69) is 0 Å². The van der Waals surface area contributed by atoms with E-state index in [-0.39, 0.29) is 36.3 Å². The molecule has 3 rings (SSSR count). The molecule has 2 aliphatic rings. The summed E-state index contributed by atoms with van der Waals surface area (Å²) in [4.78, 5) is 24.5. The molecule has 3 atom stereocenters. The molecule has 0 aliphatic carbocycles. The molecule has 5 nitrogen and oxygen atoms in total. The first-order chi connectivity index (χ1) is 11.4. The van der Waals surface area contributed by atoms with Crippen molar-refractivity contribution < 1.29 is 23.8 Å². The van der Waals surface area contributed by atoms with Crippen LogP contribution in [0, 0.1) is 0 Å². The lowest BCUT2D eigenvalue weighted by Gasteiger charge is -2.26. The third kappa shape index (κ3) is 4.29. The van der Waals surface area contributed by atoms with Crippen LogP contribution in [0.15, 0.2) is 30.3 Å². The fourth-order valence-corrected chi connectivity index (χ4v) is 3.23. The molecular formula is C19H24O5. The minimum atomic E-state index is -0.654. The first kappa shape index (κ1) is 17.3. The maximum absolute atomic E-state index is 12.4. The molecule has 5 heteroatoms. The van der Waals surface area contributed by atoms with Crippen LogP contribution < -0.4 is 0 Å². The fourth-order valence-electron chi connectivity index (χ4n) is 3.23. The highest BCUT2D eigenvalue weighted by atomic mass is 16.7. The molecule has 0 N–H and O–H groups in total. The summed E-state index contributed by atoms with van der Waals surface area (Å²) in [6, 6.07) is 9.18. The van der Waals surface area contributed by atoms with Crippen molar-refractivity contribution in [2.45, 2.75) is 63.6 Å². The van der Waals surface area contributed by atoms with E-state index in [4.69, 9.17) is 14.2 Å². The molecule has 24 heavy (non-hydrogen) atoms. The Morgan fingerprint density at radius 2 is 1.96 bits per heavy atom. The Hall–Kier alpha value is -1.56. The molecule has 1 aromatic carbocycles. The monoisotopic (exact) mass is 332 g/mol. The molecule has 0 unspecified atom stereocenters. The van der Waals surface area contributed by atoms with Gasteiger partial charge in [0.2, 0.25) is 0 Å². The van der Waals surface area contributed by atoms with Gasteiger partial charge in [0, 0.05) is 24.8 Å². The van der Waals surface area contributed by atoms with Crippen molar-refractivity contribution in [3.05, 3.63) is 35.9 Å². The third-order valence-electron chi connectivity index (χ3n) is 4.50. The first-order valence-electron chi connectivity index (χ1n) is 8.50. The Labute approximate surface area is 142 Å². The quantitative estimate of drug-likeness (QED) is 0.793. The second kappa shape index (κ2) is 7.13. The number of hydrogen-bond donors (Lipinski definition) is 0. The zero-order valence-electron chi connectivity index (χ0n) is 14.2. The Bertz CT molecular complexity index is 595. The van der Waals surface area contributed by atoms with Crippen molar-refractivity contribution in [1.29, 1.82) is 0 Å². The maximum atomic E-state index is 12.4. The minimum absolute atomic E-state index is 0.0395. The summed E-state index contributed by atoms with van der Waals surface area (Å²) in [6.07, 6.45) is 0.740. The average Bonchev–Trinajstić information content (AvgIpc) is 2.82. The number of benzene rings is 1. The SMILES string of the molecule is CC1(C)OC[C@H]([C@@H]2CC(=O)CC[C@@H](CC(=O)c3ccccc3)O2)O1. The smallest absolute Gasteiger partial charge is 0.165 e. The van der Waals surface area contributed by atoms with E-state index in [1.807, 2.05) is 32.0 Å². The molecule has 2 heterocycles. The Kier molecular flexibility index (Phi) is 5.13. The van der Waals surface area contributed by atoms with Crippen molar-refractivity contribution in [2.75, 3.05) is 6.61 Å². The van der Waals surface area contributed by atoms with E-state index >= 15 is 0 Å². The minimum Gasteiger partial charge on any atom is -0.371 e. The highest BCUT2D eigenvalue weighted by molar-refractivity contribution is 5.96. The van der Waals surface area contributed by atoms with Gasteiger partial charge in [0.05, 0.1) is 18.8 Å². The predicted octanol–water partition coefficient (Wildman–Crippen LogP) is 2.92. The molecule has 0 spiro atoms. The molecule has 1 aromatic rings. The number of ether oxygens (including phenoxy) is 3. The second-order valence-electron chi connectivity index (χ2n) is 6.94. The molecule has 0 aromatic heterocycles. The summed E-state index contributed by atoms with van der Waals surface area (Å²) in [5, 5.41) is 0. The van der Waals surface area contributed by atoms with Crippen molar-refractivity contribution in [2.24, 2.45) is 0 Å². The van der Waals surface area contributed by atoms with Crippen molar-refractivity contribution in [3.63, 3.8) is 0 Å². The van der Waals surface area contributed by atoms with E-state index in [0.717, 1.165) is 0 Å². The van der Waals surface area contributed by atoms with Gasteiger partial charge in [0.1, 0.15) is 11.9 Å². The van der Waals surface area contributed by atoms with E-state index in [1.54, 1.807) is 12.1 Å². The number of rotatable bonds is 4. The van der Waals surface area contributed by atoms with Crippen molar-refractivity contribution in [3.8, 4) is 0 Å². The van der Waals surface area contributed by atoms with Crippen LogP contribution >= 0.6 is 0 Å². The average molecular weight is 332 g/mol. The van der Waals surface area contributed by atoms with Crippen LogP contribution in [-0.2, 0) is 19.0 Å². The Morgan fingerprint density at radius 1 is 1.21 bits per heavy atom. The lowest BCUT2D eigenvalue weighted by atomic mass is 10.0. The van der Waals surface area contributed by atoms with Crippen LogP contribution in [0.1, 0.15) is 49.9 Å². The van der Waals surface area contributed by atoms with Crippen molar-refractivity contribution in [1.82, 2.24) is 0 Å². The number of ketones is 2. The fraction of sp³-hybridized carbons (Fsp3) is 0.579. The standard InChI is InChI=1S/C19H24O5/c1-19(2)22-12-18(24-19)17-10-14(20)8-9-15(23-17)11-16(21)13-6-4-3-5-7-13/h3-7,15,17-18H,8-12H2,1-2H3/t15-,17-,18+/m0/s1. The topological polar surface area (TPSA) is 61.8 Å². The Morgan fingerprint density at radius 3 is 2.62 bits per heavy atom. The molecule has 0 saturated carbocycles. The molecule has 130 valence electrons. The van der Waals surface area contributed by atoms with Gasteiger partial charge in [-0.05, 0) is 20.3 Å². The summed E-state index contributed by atoms with van der Waals surface area (Å²) >= 11 is 0. The summed E-state index contributed by atoms with van der Waals surface area (Å²) in [5.74, 6) is -0.459. The van der Waals surface area contributed by atoms with Gasteiger partial charge in [-0.15, -0.1) is 0 Å². The van der Waals surface area contributed by atoms with Gasteiger partial charge in [-0.1, -0.05) is 30.3 Å². The van der Waals surface area contributed by atoms with Gasteiger partial charge >= 0.3 is 0 Å². The van der Waals surface area contributed by atoms with Gasteiger partial charge in [-0.2, -0.15) is 0 Å². The first-order valence-corrected chi connectivity index (χ1v) is 8.50. The number of hydrogen-bond acceptors (Lipinski definition) is 5. The summed E-state index contributed by atoms with van der Waals surface area (Å²) in [6.45, 7) is 4.11. The normalized spacial score (nSPS) is 30.1. The molecule has 0 bridgehead atoms. The Balaban J connectivity index is 1.65. The van der Waals surface area contributed by atoms with Crippen LogP contribution in [0.5, 0.6) is 0 Å². The largest absolute Gasteiger partial charge is 0.371 e. The highest BCUT2D eigenvalue weighted by Crippen LogP contribution is 2.30.